The van der Waals surface area contributed by atoms with Gasteiger partial charge in [0.15, 0.2) is 0 Å². The van der Waals surface area contributed by atoms with Crippen molar-refractivity contribution >= 4 is 27.3 Å². The van der Waals surface area contributed by atoms with Crippen LogP contribution in [0.1, 0.15) is 44.4 Å². The molecule has 0 aliphatic rings. The molecule has 1 aromatic heterocycles. The molecule has 0 aliphatic heterocycles. The van der Waals surface area contributed by atoms with Crippen molar-refractivity contribution in [2.24, 2.45) is 5.92 Å². The Labute approximate surface area is 111 Å². The van der Waals surface area contributed by atoms with Crippen LogP contribution in [0.4, 0.5) is 0 Å². The van der Waals surface area contributed by atoms with Gasteiger partial charge in [-0.1, -0.05) is 26.7 Å². The Kier molecular flexibility index (Phi) is 6.62. The molecule has 0 radical (unpaired) electrons. The molecular formula is C13H21BrOS. The van der Waals surface area contributed by atoms with Crippen molar-refractivity contribution in [2.75, 3.05) is 0 Å². The second-order valence-corrected chi connectivity index (χ2v) is 6.16. The third kappa shape index (κ3) is 4.19. The third-order valence-electron chi connectivity index (χ3n) is 2.95. The molecule has 0 amide bonds. The van der Waals surface area contributed by atoms with Gasteiger partial charge in [-0.2, -0.15) is 0 Å². The van der Waals surface area contributed by atoms with Gasteiger partial charge in [-0.3, -0.25) is 0 Å². The van der Waals surface area contributed by atoms with E-state index < -0.39 is 0 Å². The summed E-state index contributed by atoms with van der Waals surface area (Å²) < 4.78 is 1.14. The Balaban J connectivity index is 2.54. The fourth-order valence-corrected chi connectivity index (χ4v) is 3.66. The normalized spacial score (nSPS) is 13.3. The average molecular weight is 305 g/mol. The highest BCUT2D eigenvalue weighted by Gasteiger charge is 2.19. The average Bonchev–Trinajstić information content (AvgIpc) is 2.64. The minimum absolute atomic E-state index is 0.185. The van der Waals surface area contributed by atoms with Gasteiger partial charge in [0.25, 0.3) is 0 Å². The number of hydrogen-bond acceptors (Lipinski definition) is 2. The Morgan fingerprint density at radius 3 is 2.38 bits per heavy atom. The summed E-state index contributed by atoms with van der Waals surface area (Å²) in [6, 6.07) is 2.06. The zero-order valence-corrected chi connectivity index (χ0v) is 12.5. The van der Waals surface area contributed by atoms with Gasteiger partial charge < -0.3 is 5.11 Å². The lowest BCUT2D eigenvalue weighted by atomic mass is 9.90. The van der Waals surface area contributed by atoms with E-state index in [1.807, 2.05) is 0 Å². The first-order valence-corrected chi connectivity index (χ1v) is 7.76. The van der Waals surface area contributed by atoms with Gasteiger partial charge in [0.05, 0.1) is 6.10 Å². The molecule has 1 aromatic rings. The second kappa shape index (κ2) is 7.46. The zero-order valence-electron chi connectivity index (χ0n) is 10.1. The van der Waals surface area contributed by atoms with Crippen LogP contribution in [0.25, 0.3) is 0 Å². The summed E-state index contributed by atoms with van der Waals surface area (Å²) in [5.41, 5.74) is 0. The van der Waals surface area contributed by atoms with Crippen molar-refractivity contribution in [2.45, 2.75) is 52.1 Å². The van der Waals surface area contributed by atoms with Gasteiger partial charge in [-0.15, -0.1) is 11.3 Å². The van der Waals surface area contributed by atoms with Gasteiger partial charge >= 0.3 is 0 Å². The van der Waals surface area contributed by atoms with Gasteiger partial charge in [0.1, 0.15) is 0 Å². The lowest BCUT2D eigenvalue weighted by molar-refractivity contribution is 0.0969. The van der Waals surface area contributed by atoms with Crippen molar-refractivity contribution in [1.82, 2.24) is 0 Å². The summed E-state index contributed by atoms with van der Waals surface area (Å²) in [6.45, 7) is 4.38. The molecule has 1 unspecified atom stereocenters. The quantitative estimate of drug-likeness (QED) is 0.778. The molecule has 0 saturated heterocycles. The Hall–Kier alpha value is 0.140. The van der Waals surface area contributed by atoms with Crippen molar-refractivity contribution < 1.29 is 5.11 Å². The summed E-state index contributed by atoms with van der Waals surface area (Å²) in [5.74, 6) is 0.462. The van der Waals surface area contributed by atoms with E-state index in [1.165, 1.54) is 4.88 Å². The summed E-state index contributed by atoms with van der Waals surface area (Å²) >= 11 is 5.25. The van der Waals surface area contributed by atoms with Crippen LogP contribution in [0.3, 0.4) is 0 Å². The molecule has 0 bridgehead atoms. The lowest BCUT2D eigenvalue weighted by Crippen LogP contribution is -2.22. The van der Waals surface area contributed by atoms with Crippen LogP contribution < -0.4 is 0 Å². The number of thiophene rings is 1. The number of aliphatic hydroxyl groups is 1. The van der Waals surface area contributed by atoms with E-state index in [-0.39, 0.29) is 6.10 Å². The van der Waals surface area contributed by atoms with Crippen molar-refractivity contribution in [3.8, 4) is 0 Å². The van der Waals surface area contributed by atoms with E-state index in [1.54, 1.807) is 11.3 Å². The van der Waals surface area contributed by atoms with Crippen molar-refractivity contribution in [3.05, 3.63) is 20.8 Å². The van der Waals surface area contributed by atoms with Crippen LogP contribution in [-0.2, 0) is 6.42 Å². The van der Waals surface area contributed by atoms with E-state index >= 15 is 0 Å². The first kappa shape index (κ1) is 14.2. The topological polar surface area (TPSA) is 20.2 Å². The fourth-order valence-electron chi connectivity index (χ4n) is 2.10. The molecule has 0 aromatic carbocycles. The van der Waals surface area contributed by atoms with Gasteiger partial charge in [0.2, 0.25) is 0 Å². The molecule has 1 nitrogen and oxygen atoms in total. The molecule has 1 atom stereocenters. The number of rotatable bonds is 7. The smallest absolute Gasteiger partial charge is 0.0616 e. The lowest BCUT2D eigenvalue weighted by Gasteiger charge is -2.21. The molecular weight excluding hydrogens is 284 g/mol. The highest BCUT2D eigenvalue weighted by molar-refractivity contribution is 9.10. The van der Waals surface area contributed by atoms with E-state index in [9.17, 15) is 5.11 Å². The molecule has 16 heavy (non-hydrogen) atoms. The summed E-state index contributed by atoms with van der Waals surface area (Å²) in [6.07, 6.45) is 5.20. The fraction of sp³-hybridized carbons (Fsp3) is 0.692. The maximum Gasteiger partial charge on any atom is 0.0616 e. The van der Waals surface area contributed by atoms with Crippen molar-refractivity contribution in [1.29, 1.82) is 0 Å². The molecule has 1 N–H and O–H groups in total. The van der Waals surface area contributed by atoms with Crippen LogP contribution in [0.15, 0.2) is 15.9 Å². The van der Waals surface area contributed by atoms with Crippen LogP contribution in [0.2, 0.25) is 0 Å². The van der Waals surface area contributed by atoms with E-state index in [4.69, 9.17) is 0 Å². The molecule has 1 rings (SSSR count). The number of hydrogen-bond donors (Lipinski definition) is 1. The maximum absolute atomic E-state index is 10.3. The van der Waals surface area contributed by atoms with Gasteiger partial charge in [-0.25, -0.2) is 0 Å². The zero-order chi connectivity index (χ0) is 12.0. The Morgan fingerprint density at radius 1 is 1.31 bits per heavy atom. The first-order chi connectivity index (χ1) is 7.69. The Bertz CT molecular complexity index is 292. The van der Waals surface area contributed by atoms with E-state index in [2.05, 4.69) is 41.2 Å². The minimum Gasteiger partial charge on any atom is -0.392 e. The second-order valence-electron chi connectivity index (χ2n) is 4.30. The first-order valence-electron chi connectivity index (χ1n) is 6.08. The molecule has 0 fully saturated rings. The van der Waals surface area contributed by atoms with E-state index in [0.29, 0.717) is 5.92 Å². The monoisotopic (exact) mass is 304 g/mol. The van der Waals surface area contributed by atoms with E-state index in [0.717, 1.165) is 36.6 Å². The summed E-state index contributed by atoms with van der Waals surface area (Å²) in [5, 5.41) is 12.3. The van der Waals surface area contributed by atoms with Crippen LogP contribution in [0, 0.1) is 5.92 Å². The predicted octanol–water partition coefficient (Wildman–Crippen LogP) is 4.63. The van der Waals surface area contributed by atoms with Gasteiger partial charge in [-0.05, 0) is 46.1 Å². The standard InChI is InChI=1S/C13H21BrOS/c1-3-5-10(6-4-2)12(15)9-13-11(14)7-8-16-13/h7-8,10,12,15H,3-6,9H2,1-2H3. The SMILES string of the molecule is CCCC(CCC)C(O)Cc1sccc1Br. The molecule has 0 spiro atoms. The largest absolute Gasteiger partial charge is 0.392 e. The molecule has 3 heteroatoms. The number of halogens is 1. The Morgan fingerprint density at radius 2 is 1.94 bits per heavy atom. The number of aliphatic hydroxyl groups excluding tert-OH is 1. The van der Waals surface area contributed by atoms with Crippen molar-refractivity contribution in [3.63, 3.8) is 0 Å². The molecule has 92 valence electrons. The van der Waals surface area contributed by atoms with Gasteiger partial charge in [0, 0.05) is 15.8 Å². The molecule has 0 saturated carbocycles. The maximum atomic E-state index is 10.3. The molecule has 0 aliphatic carbocycles. The minimum atomic E-state index is -0.185. The highest BCUT2D eigenvalue weighted by Crippen LogP contribution is 2.27. The van der Waals surface area contributed by atoms with Crippen LogP contribution in [0.5, 0.6) is 0 Å². The summed E-state index contributed by atoms with van der Waals surface area (Å²) in [7, 11) is 0. The summed E-state index contributed by atoms with van der Waals surface area (Å²) in [4.78, 5) is 1.27. The van der Waals surface area contributed by atoms with Crippen LogP contribution >= 0.6 is 27.3 Å². The third-order valence-corrected chi connectivity index (χ3v) is 4.90. The highest BCUT2D eigenvalue weighted by atomic mass is 79.9. The van der Waals surface area contributed by atoms with Crippen LogP contribution in [-0.4, -0.2) is 11.2 Å². The predicted molar refractivity (Wildman–Crippen MR) is 75.0 cm³/mol. The molecule has 1 heterocycles.